The van der Waals surface area contributed by atoms with Crippen LogP contribution in [0, 0.1) is 20.8 Å². The maximum Gasteiger partial charge on any atom is 0.306 e. The van der Waals surface area contributed by atoms with Crippen molar-refractivity contribution in [3.8, 4) is 5.00 Å². The number of hydrogen-bond donors (Lipinski definition) is 1. The van der Waals surface area contributed by atoms with E-state index in [1.54, 1.807) is 11.3 Å². The number of hydrogen-bond acceptors (Lipinski definition) is 5. The molecule has 0 fully saturated rings. The van der Waals surface area contributed by atoms with E-state index in [0.717, 1.165) is 44.4 Å². The van der Waals surface area contributed by atoms with Crippen LogP contribution in [0.3, 0.4) is 0 Å². The number of thiophene rings is 1. The fraction of sp³-hybridized carbons (Fsp3) is 0.185. The van der Waals surface area contributed by atoms with Gasteiger partial charge in [0.25, 0.3) is 0 Å². The molecule has 0 aliphatic carbocycles. The largest absolute Gasteiger partial charge is 0.481 e. The van der Waals surface area contributed by atoms with Gasteiger partial charge in [-0.1, -0.05) is 66.7 Å². The van der Waals surface area contributed by atoms with Crippen molar-refractivity contribution in [3.05, 3.63) is 98.9 Å². The first-order valence-electron chi connectivity index (χ1n) is 11.1. The Morgan fingerprint density at radius 2 is 1.68 bits per heavy atom. The summed E-state index contributed by atoms with van der Waals surface area (Å²) in [5.41, 5.74) is 6.13. The summed E-state index contributed by atoms with van der Waals surface area (Å²) < 4.78 is 1.97. The van der Waals surface area contributed by atoms with Crippen LogP contribution in [0.5, 0.6) is 0 Å². The number of aliphatic carboxylic acids is 1. The Labute approximate surface area is 202 Å². The molecule has 1 N–H and O–H groups in total. The Morgan fingerprint density at radius 1 is 1.00 bits per heavy atom. The Kier molecular flexibility index (Phi) is 5.71. The Balaban J connectivity index is 1.60. The minimum atomic E-state index is -0.917. The van der Waals surface area contributed by atoms with Gasteiger partial charge < -0.3 is 5.11 Å². The molecule has 3 heterocycles. The second-order valence-corrected chi connectivity index (χ2v) is 9.56. The van der Waals surface area contributed by atoms with Gasteiger partial charge >= 0.3 is 5.97 Å². The van der Waals surface area contributed by atoms with Gasteiger partial charge in [0.15, 0.2) is 5.82 Å². The van der Waals surface area contributed by atoms with E-state index in [1.165, 1.54) is 4.88 Å². The molecule has 0 radical (unpaired) electrons. The number of aryl methyl sites for hydroxylation is 2. The third-order valence-corrected chi connectivity index (χ3v) is 7.25. The Bertz CT molecular complexity index is 1430. The minimum absolute atomic E-state index is 0.146. The van der Waals surface area contributed by atoms with E-state index in [4.69, 9.17) is 4.99 Å². The summed E-state index contributed by atoms with van der Waals surface area (Å²) in [5, 5.41) is 19.1. The fourth-order valence-electron chi connectivity index (χ4n) is 4.20. The molecule has 0 bridgehead atoms. The van der Waals surface area contributed by atoms with Gasteiger partial charge in [-0.15, -0.1) is 21.5 Å². The van der Waals surface area contributed by atoms with Gasteiger partial charge in [0.05, 0.1) is 12.1 Å². The molecule has 0 unspecified atom stereocenters. The minimum Gasteiger partial charge on any atom is -0.481 e. The van der Waals surface area contributed by atoms with E-state index < -0.39 is 12.0 Å². The van der Waals surface area contributed by atoms with Crippen molar-refractivity contribution in [3.63, 3.8) is 0 Å². The predicted molar refractivity (Wildman–Crippen MR) is 136 cm³/mol. The highest BCUT2D eigenvalue weighted by Crippen LogP contribution is 2.39. The fourth-order valence-corrected chi connectivity index (χ4v) is 5.41. The van der Waals surface area contributed by atoms with Crippen molar-refractivity contribution in [2.75, 3.05) is 0 Å². The predicted octanol–water partition coefficient (Wildman–Crippen LogP) is 5.79. The lowest BCUT2D eigenvalue weighted by atomic mass is 9.98. The first-order chi connectivity index (χ1) is 16.4. The number of aliphatic imine (C=N–C) groups is 1. The molecule has 2 aromatic carbocycles. The molecular formula is C27H24N4O2S. The maximum atomic E-state index is 11.7. The topological polar surface area (TPSA) is 80.4 Å². The quantitative estimate of drug-likeness (QED) is 0.376. The van der Waals surface area contributed by atoms with Gasteiger partial charge in [0.1, 0.15) is 16.9 Å². The van der Waals surface area contributed by atoms with Gasteiger partial charge in [-0.2, -0.15) is 0 Å². The molecule has 0 amide bonds. The molecule has 0 spiro atoms. The van der Waals surface area contributed by atoms with Gasteiger partial charge in [-0.25, -0.2) is 0 Å². The summed E-state index contributed by atoms with van der Waals surface area (Å²) in [6.07, 6.45) is 4.02. The molecule has 7 heteroatoms. The summed E-state index contributed by atoms with van der Waals surface area (Å²) in [7, 11) is 0. The number of carboxylic acid groups (broad SMARTS) is 1. The van der Waals surface area contributed by atoms with Crippen LogP contribution in [0.4, 0.5) is 0 Å². The second-order valence-electron chi connectivity index (χ2n) is 8.36. The summed E-state index contributed by atoms with van der Waals surface area (Å²) in [6, 6.07) is 17.8. The van der Waals surface area contributed by atoms with E-state index in [1.807, 2.05) is 29.7 Å². The van der Waals surface area contributed by atoms with Gasteiger partial charge in [0.2, 0.25) is 0 Å². The average molecular weight is 469 g/mol. The zero-order valence-corrected chi connectivity index (χ0v) is 20.0. The molecule has 6 nitrogen and oxygen atoms in total. The molecule has 34 heavy (non-hydrogen) atoms. The Hall–Kier alpha value is -3.84. The van der Waals surface area contributed by atoms with Crippen LogP contribution in [0.1, 0.15) is 56.8 Å². The third kappa shape index (κ3) is 3.99. The number of benzene rings is 2. The van der Waals surface area contributed by atoms with Crippen molar-refractivity contribution < 1.29 is 9.90 Å². The SMILES string of the molecule is Cc1sc2c(c1C)C(c1ccc(/C=C/c3ccccc3)cc1)=N[C@@H](CC(=O)O)c1nnc(C)n1-2. The molecule has 0 saturated heterocycles. The molecule has 1 aliphatic rings. The highest BCUT2D eigenvalue weighted by Gasteiger charge is 2.32. The van der Waals surface area contributed by atoms with Crippen molar-refractivity contribution in [2.24, 2.45) is 4.99 Å². The number of fused-ring (bicyclic) bond motifs is 3. The van der Waals surface area contributed by atoms with Crippen LogP contribution in [-0.2, 0) is 4.79 Å². The summed E-state index contributed by atoms with van der Waals surface area (Å²) >= 11 is 1.66. The van der Waals surface area contributed by atoms with Crippen LogP contribution < -0.4 is 0 Å². The van der Waals surface area contributed by atoms with Crippen LogP contribution in [-0.4, -0.2) is 31.6 Å². The van der Waals surface area contributed by atoms with Crippen LogP contribution in [0.2, 0.25) is 0 Å². The lowest BCUT2D eigenvalue weighted by molar-refractivity contribution is -0.137. The normalized spacial score (nSPS) is 15.0. The zero-order valence-electron chi connectivity index (χ0n) is 19.2. The van der Waals surface area contributed by atoms with Crippen LogP contribution in [0.15, 0.2) is 59.6 Å². The van der Waals surface area contributed by atoms with Gasteiger partial charge in [-0.3, -0.25) is 14.4 Å². The molecule has 1 atom stereocenters. The number of rotatable bonds is 5. The highest BCUT2D eigenvalue weighted by atomic mass is 32.1. The summed E-state index contributed by atoms with van der Waals surface area (Å²) in [5.74, 6) is 0.380. The first kappa shape index (κ1) is 22.0. The summed E-state index contributed by atoms with van der Waals surface area (Å²) in [6.45, 7) is 6.08. The lowest BCUT2D eigenvalue weighted by Crippen LogP contribution is -2.10. The Morgan fingerprint density at radius 3 is 2.35 bits per heavy atom. The van der Waals surface area contributed by atoms with E-state index in [0.29, 0.717) is 5.82 Å². The maximum absolute atomic E-state index is 11.7. The number of carbonyl (C=O) groups is 1. The molecule has 2 aromatic heterocycles. The zero-order chi connectivity index (χ0) is 23.8. The first-order valence-corrected chi connectivity index (χ1v) is 11.9. The molecule has 1 aliphatic heterocycles. The standard InChI is InChI=1S/C27H24N4O2S/c1-16-17(2)34-27-24(16)25(28-22(15-23(32)33)26-30-29-18(3)31(26)27)21-13-11-20(12-14-21)10-9-19-7-5-4-6-8-19/h4-14,22H,15H2,1-3H3,(H,32,33)/b10-9+/t22-/m0/s1. The summed E-state index contributed by atoms with van der Waals surface area (Å²) in [4.78, 5) is 17.8. The number of aromatic nitrogens is 3. The van der Waals surface area contributed by atoms with Gasteiger partial charge in [0, 0.05) is 16.0 Å². The molecule has 5 rings (SSSR count). The van der Waals surface area contributed by atoms with Gasteiger partial charge in [-0.05, 0) is 37.5 Å². The number of carboxylic acids is 1. The molecule has 4 aromatic rings. The van der Waals surface area contributed by atoms with E-state index in [9.17, 15) is 9.90 Å². The smallest absolute Gasteiger partial charge is 0.306 e. The second kappa shape index (κ2) is 8.83. The molecular weight excluding hydrogens is 444 g/mol. The van der Waals surface area contributed by atoms with Crippen molar-refractivity contribution in [1.29, 1.82) is 0 Å². The molecule has 170 valence electrons. The highest BCUT2D eigenvalue weighted by molar-refractivity contribution is 7.15. The van der Waals surface area contributed by atoms with Crippen molar-refractivity contribution >= 4 is 35.2 Å². The van der Waals surface area contributed by atoms with Crippen LogP contribution >= 0.6 is 11.3 Å². The van der Waals surface area contributed by atoms with Crippen molar-refractivity contribution in [2.45, 2.75) is 33.2 Å². The van der Waals surface area contributed by atoms with Crippen LogP contribution in [0.25, 0.3) is 17.2 Å². The van der Waals surface area contributed by atoms with Crippen molar-refractivity contribution in [1.82, 2.24) is 14.8 Å². The van der Waals surface area contributed by atoms with E-state index in [2.05, 4.69) is 72.6 Å². The monoisotopic (exact) mass is 468 g/mol. The third-order valence-electron chi connectivity index (χ3n) is 6.06. The average Bonchev–Trinajstić information content (AvgIpc) is 3.31. The van der Waals surface area contributed by atoms with E-state index in [-0.39, 0.29) is 6.42 Å². The van der Waals surface area contributed by atoms with E-state index >= 15 is 0 Å². The lowest BCUT2D eigenvalue weighted by Gasteiger charge is -2.11. The molecule has 0 saturated carbocycles. The number of nitrogens with zero attached hydrogens (tertiary/aromatic N) is 4.